The van der Waals surface area contributed by atoms with Gasteiger partial charge in [-0.3, -0.25) is 19.9 Å². The van der Waals surface area contributed by atoms with E-state index in [0.29, 0.717) is 26.0 Å². The number of halogens is 2. The highest BCUT2D eigenvalue weighted by Crippen LogP contribution is 2.37. The zero-order valence-electron chi connectivity index (χ0n) is 23.4. The molecule has 2 aromatic carbocycles. The van der Waals surface area contributed by atoms with Gasteiger partial charge in [0.1, 0.15) is 11.5 Å². The number of alkyl carbamates (subject to hydrolysis) is 1. The number of aliphatic imine (C=N–C) groups is 1. The van der Waals surface area contributed by atoms with Crippen LogP contribution < -0.4 is 27.1 Å². The van der Waals surface area contributed by atoms with Crippen LogP contribution in [-0.2, 0) is 11.8 Å². The maximum absolute atomic E-state index is 14.9. The van der Waals surface area contributed by atoms with E-state index < -0.39 is 11.9 Å². The maximum atomic E-state index is 14.9. The van der Waals surface area contributed by atoms with Crippen LogP contribution >= 0.6 is 22.6 Å². The second kappa shape index (κ2) is 11.9. The van der Waals surface area contributed by atoms with Gasteiger partial charge in [-0.15, -0.1) is 0 Å². The predicted octanol–water partition coefficient (Wildman–Crippen LogP) is 5.04. The number of guanidine groups is 1. The summed E-state index contributed by atoms with van der Waals surface area (Å²) in [6.07, 6.45) is 0.948. The summed E-state index contributed by atoms with van der Waals surface area (Å²) in [4.78, 5) is 43.4. The number of hydrogen-bond donors (Lipinski definition) is 3. The van der Waals surface area contributed by atoms with Crippen LogP contribution in [0.4, 0.5) is 26.2 Å². The molecule has 0 radical (unpaired) electrons. The van der Waals surface area contributed by atoms with E-state index in [1.54, 1.807) is 51.2 Å². The van der Waals surface area contributed by atoms with Crippen molar-refractivity contribution in [2.24, 2.45) is 12.0 Å². The summed E-state index contributed by atoms with van der Waals surface area (Å²) < 4.78 is 23.4. The van der Waals surface area contributed by atoms with Crippen LogP contribution in [0.3, 0.4) is 0 Å². The lowest BCUT2D eigenvalue weighted by Crippen LogP contribution is -2.36. The van der Waals surface area contributed by atoms with Gasteiger partial charge in [0.15, 0.2) is 0 Å². The third-order valence-electron chi connectivity index (χ3n) is 6.88. The van der Waals surface area contributed by atoms with Gasteiger partial charge in [-0.25, -0.2) is 13.9 Å². The Morgan fingerprint density at radius 2 is 1.95 bits per heavy atom. The molecule has 0 saturated heterocycles. The van der Waals surface area contributed by atoms with E-state index in [1.807, 2.05) is 28.7 Å². The van der Waals surface area contributed by atoms with Crippen LogP contribution in [-0.4, -0.2) is 40.1 Å². The minimum atomic E-state index is -0.652. The Kier molecular flexibility index (Phi) is 8.29. The van der Waals surface area contributed by atoms with Gasteiger partial charge in [0, 0.05) is 34.5 Å². The molecule has 3 N–H and O–H groups in total. The molecule has 1 aliphatic carbocycles. The van der Waals surface area contributed by atoms with Crippen LogP contribution in [0.1, 0.15) is 31.4 Å². The van der Waals surface area contributed by atoms with E-state index in [-0.39, 0.29) is 52.1 Å². The molecule has 1 fully saturated rings. The summed E-state index contributed by atoms with van der Waals surface area (Å²) in [7, 11) is 3.11. The van der Waals surface area contributed by atoms with Crippen molar-refractivity contribution in [1.29, 1.82) is 0 Å². The number of nitrogens with one attached hydrogen (secondary N) is 3. The number of amides is 1. The molecular weight excluding hydrogens is 656 g/mol. The Bertz CT molecular complexity index is 1860. The zero-order valence-corrected chi connectivity index (χ0v) is 25.6. The molecule has 0 atom stereocenters. The monoisotopic (exact) mass is 685 g/mol. The largest absolute Gasteiger partial charge is 0.450 e. The van der Waals surface area contributed by atoms with Gasteiger partial charge in [0.2, 0.25) is 5.96 Å². The first-order valence-electron chi connectivity index (χ1n) is 13.3. The third kappa shape index (κ3) is 5.73. The molecule has 11 nitrogen and oxygen atoms in total. The Balaban J connectivity index is 1.70. The Morgan fingerprint density at radius 1 is 1.19 bits per heavy atom. The van der Waals surface area contributed by atoms with Gasteiger partial charge in [0.05, 0.1) is 34.9 Å². The van der Waals surface area contributed by atoms with E-state index in [9.17, 15) is 18.8 Å². The van der Waals surface area contributed by atoms with Gasteiger partial charge in [0.25, 0.3) is 11.1 Å². The molecule has 2 aromatic heterocycles. The molecule has 1 amide bonds. The Labute approximate surface area is 253 Å². The molecule has 13 heteroatoms. The second-order valence-electron chi connectivity index (χ2n) is 9.79. The lowest BCUT2D eigenvalue weighted by molar-refractivity contribution is 0.158. The minimum absolute atomic E-state index is 0.0741. The number of fused-ring (bicyclic) bond motifs is 1. The maximum Gasteiger partial charge on any atom is 0.413 e. The molecule has 2 heterocycles. The fourth-order valence-corrected chi connectivity index (χ4v) is 5.12. The first-order chi connectivity index (χ1) is 20.1. The lowest BCUT2D eigenvalue weighted by atomic mass is 10.0. The quantitative estimate of drug-likeness (QED) is 0.147. The van der Waals surface area contributed by atoms with Crippen molar-refractivity contribution in [3.05, 3.63) is 78.1 Å². The van der Waals surface area contributed by atoms with Gasteiger partial charge in [-0.2, -0.15) is 5.10 Å². The van der Waals surface area contributed by atoms with Gasteiger partial charge in [-0.1, -0.05) is 12.1 Å². The van der Waals surface area contributed by atoms with E-state index in [0.717, 1.165) is 12.8 Å². The molecular formula is C29H29FIN7O4. The molecule has 1 aliphatic rings. The number of carbonyl (C=O) groups is 1. The smallest absolute Gasteiger partial charge is 0.413 e. The highest BCUT2D eigenvalue weighted by atomic mass is 127. The third-order valence-corrected chi connectivity index (χ3v) is 7.55. The molecule has 0 spiro atoms. The number of anilines is 3. The molecule has 5 rings (SSSR count). The van der Waals surface area contributed by atoms with Crippen molar-refractivity contribution in [3.8, 4) is 11.3 Å². The van der Waals surface area contributed by atoms with E-state index >= 15 is 0 Å². The standard InChI is InChI=1S/C29H29FIN7O4/c1-5-42-29(41)35-28(32-3)33-18-8-6-7-16(13-18)24-25-22(27(40)38(36-24)19-10-11-19)23(15(2)26(39)37(25)4)34-21-12-9-17(31)14-20(21)30/h6-9,12-14,19,34H,5,10-11H2,1-4H3,(H2,32,33,35,41). The number of ether oxygens (including phenoxy) is 1. The van der Waals surface area contributed by atoms with Crippen molar-refractivity contribution in [2.75, 3.05) is 24.3 Å². The summed E-state index contributed by atoms with van der Waals surface area (Å²) in [5.74, 6) is -0.337. The number of benzene rings is 2. The summed E-state index contributed by atoms with van der Waals surface area (Å²) in [5.41, 5.74) is 1.85. The SMILES string of the molecule is CCOC(=O)N/C(=N\C)Nc1cccc(-c2nn(C3CC3)c(=O)c3c(Nc4ccc(I)cc4F)c(C)c(=O)n(C)c23)c1. The average molecular weight is 685 g/mol. The number of pyridine rings is 1. The van der Waals surface area contributed by atoms with Crippen molar-refractivity contribution in [3.63, 3.8) is 0 Å². The van der Waals surface area contributed by atoms with Crippen molar-refractivity contribution < 1.29 is 13.9 Å². The minimum Gasteiger partial charge on any atom is -0.450 e. The van der Waals surface area contributed by atoms with Crippen LogP contribution in [0.5, 0.6) is 0 Å². The lowest BCUT2D eigenvalue weighted by Gasteiger charge is -2.19. The zero-order chi connectivity index (χ0) is 30.1. The van der Waals surface area contributed by atoms with E-state index in [4.69, 9.17) is 9.84 Å². The predicted molar refractivity (Wildman–Crippen MR) is 169 cm³/mol. The molecule has 0 unspecified atom stereocenters. The number of aryl methyl sites for hydroxylation is 1. The number of aromatic nitrogens is 3. The van der Waals surface area contributed by atoms with Crippen LogP contribution in [0.15, 0.2) is 57.0 Å². The summed E-state index contributed by atoms with van der Waals surface area (Å²) in [6, 6.07) is 11.8. The van der Waals surface area contributed by atoms with Gasteiger partial charge < -0.3 is 19.9 Å². The Hall–Kier alpha value is -4.27. The van der Waals surface area contributed by atoms with E-state index in [1.165, 1.54) is 22.4 Å². The fraction of sp³-hybridized carbons (Fsp3) is 0.276. The van der Waals surface area contributed by atoms with Crippen molar-refractivity contribution in [2.45, 2.75) is 32.7 Å². The average Bonchev–Trinajstić information content (AvgIpc) is 3.80. The molecule has 1 saturated carbocycles. The number of rotatable bonds is 6. The number of carbonyl (C=O) groups excluding carboxylic acids is 1. The van der Waals surface area contributed by atoms with Crippen molar-refractivity contribution in [1.82, 2.24) is 19.7 Å². The first kappa shape index (κ1) is 29.2. The highest BCUT2D eigenvalue weighted by molar-refractivity contribution is 14.1. The van der Waals surface area contributed by atoms with Crippen LogP contribution in [0.25, 0.3) is 22.2 Å². The number of hydrogen-bond acceptors (Lipinski definition) is 7. The normalized spacial score (nSPS) is 13.2. The Morgan fingerprint density at radius 3 is 2.62 bits per heavy atom. The molecule has 42 heavy (non-hydrogen) atoms. The highest BCUT2D eigenvalue weighted by Gasteiger charge is 2.30. The van der Waals surface area contributed by atoms with Gasteiger partial charge >= 0.3 is 6.09 Å². The summed E-state index contributed by atoms with van der Waals surface area (Å²) in [5, 5.41) is 13.6. The van der Waals surface area contributed by atoms with E-state index in [2.05, 4.69) is 20.9 Å². The summed E-state index contributed by atoms with van der Waals surface area (Å²) in [6.45, 7) is 3.52. The molecule has 4 aromatic rings. The molecule has 0 bridgehead atoms. The van der Waals surface area contributed by atoms with Gasteiger partial charge in [-0.05, 0) is 79.6 Å². The fourth-order valence-electron chi connectivity index (χ4n) is 4.66. The summed E-state index contributed by atoms with van der Waals surface area (Å²) >= 11 is 2.02. The second-order valence-corrected chi connectivity index (χ2v) is 11.0. The first-order valence-corrected chi connectivity index (χ1v) is 14.4. The number of nitrogens with zero attached hydrogens (tertiary/aromatic N) is 4. The molecule has 0 aliphatic heterocycles. The van der Waals surface area contributed by atoms with Crippen molar-refractivity contribution >= 4 is 62.6 Å². The molecule has 218 valence electrons. The van der Waals surface area contributed by atoms with Crippen LogP contribution in [0, 0.1) is 16.3 Å². The van der Waals surface area contributed by atoms with Crippen LogP contribution in [0.2, 0.25) is 0 Å². The topological polar surface area (TPSA) is 132 Å².